The largest absolute Gasteiger partial charge is 0.508 e. The molecule has 0 bridgehead atoms. The van der Waals surface area contributed by atoms with Crippen molar-refractivity contribution in [2.75, 3.05) is 62.2 Å². The second-order valence-corrected chi connectivity index (χ2v) is 16.1. The number of anilines is 2. The number of phenols is 1. The molecule has 10 heteroatoms. The number of hydrogen-bond donors (Lipinski definition) is 2. The van der Waals surface area contributed by atoms with Crippen LogP contribution in [0.4, 0.5) is 15.8 Å². The van der Waals surface area contributed by atoms with Gasteiger partial charge in [-0.3, -0.25) is 24.6 Å². The van der Waals surface area contributed by atoms with Crippen LogP contribution in [0.1, 0.15) is 90.9 Å². The molecule has 3 saturated heterocycles. The quantitative estimate of drug-likeness (QED) is 0.139. The minimum Gasteiger partial charge on any atom is -0.508 e. The van der Waals surface area contributed by atoms with E-state index >= 15 is 4.39 Å². The molecular weight excluding hydrogens is 720 g/mol. The number of ketones is 1. The third kappa shape index (κ3) is 9.33. The first kappa shape index (κ1) is 40.0. The van der Waals surface area contributed by atoms with Gasteiger partial charge >= 0.3 is 0 Å². The highest BCUT2D eigenvalue weighted by Gasteiger charge is 2.35. The number of benzene rings is 4. The Bertz CT molecular complexity index is 2060. The fraction of sp³-hybridized carbons (Fsp3) is 0.426. The Labute approximate surface area is 335 Å². The molecule has 3 atom stereocenters. The van der Waals surface area contributed by atoms with Gasteiger partial charge in [-0.25, -0.2) is 4.39 Å². The number of carbonyl (C=O) groups excluding carboxylic acids is 3. The van der Waals surface area contributed by atoms with Crippen molar-refractivity contribution >= 4 is 29.0 Å². The van der Waals surface area contributed by atoms with Crippen LogP contribution in [0.5, 0.6) is 11.5 Å². The zero-order valence-corrected chi connectivity index (χ0v) is 33.4. The third-order valence-corrected chi connectivity index (χ3v) is 12.3. The predicted molar refractivity (Wildman–Crippen MR) is 222 cm³/mol. The molecule has 4 heterocycles. The lowest BCUT2D eigenvalue weighted by Gasteiger charge is -2.40. The van der Waals surface area contributed by atoms with Crippen LogP contribution in [0.3, 0.4) is 0 Å². The summed E-state index contributed by atoms with van der Waals surface area (Å²) >= 11 is 0. The molecule has 3 unspecified atom stereocenters. The van der Waals surface area contributed by atoms with Gasteiger partial charge in [-0.05, 0) is 91.6 Å². The van der Waals surface area contributed by atoms with E-state index in [1.165, 1.54) is 5.69 Å². The molecule has 4 aliphatic heterocycles. The number of nitrogens with zero attached hydrogens (tertiary/aromatic N) is 3. The number of phenolic OH excluding ortho intramolecular Hbond substituents is 1. The number of piperazine rings is 1. The highest BCUT2D eigenvalue weighted by Crippen LogP contribution is 2.47. The van der Waals surface area contributed by atoms with Crippen molar-refractivity contribution in [2.45, 2.75) is 64.7 Å². The van der Waals surface area contributed by atoms with Gasteiger partial charge in [0.2, 0.25) is 11.8 Å². The summed E-state index contributed by atoms with van der Waals surface area (Å²) in [5, 5.41) is 12.3. The zero-order valence-electron chi connectivity index (χ0n) is 33.4. The van der Waals surface area contributed by atoms with E-state index < -0.39 is 0 Å². The number of aromatic hydroxyl groups is 1. The fourth-order valence-electron chi connectivity index (χ4n) is 8.90. The normalized spacial score (nSPS) is 21.5. The Kier molecular flexibility index (Phi) is 12.6. The van der Waals surface area contributed by atoms with Crippen molar-refractivity contribution < 1.29 is 28.6 Å². The van der Waals surface area contributed by atoms with Crippen LogP contribution in [0.2, 0.25) is 0 Å². The first-order chi connectivity index (χ1) is 27.6. The summed E-state index contributed by atoms with van der Waals surface area (Å²) in [6.07, 6.45) is 4.17. The molecule has 3 fully saturated rings. The first-order valence-corrected chi connectivity index (χ1v) is 20.6. The SMILES string of the molecule is CC1CCC(=O)NC1=O.CCc1cc(N2CCN(CC3CCN(c4ccc(C5c6ccc(O)cc6OCC5c5ccccc5)cc4F)CC3)CC2)ccc1C(C)=O. The maximum atomic E-state index is 16.0. The van der Waals surface area contributed by atoms with Crippen LogP contribution >= 0.6 is 0 Å². The van der Waals surface area contributed by atoms with Crippen molar-refractivity contribution in [3.05, 3.63) is 119 Å². The highest BCUT2D eigenvalue weighted by molar-refractivity contribution is 5.98. The van der Waals surface area contributed by atoms with Crippen LogP contribution in [0, 0.1) is 17.7 Å². The fourth-order valence-corrected chi connectivity index (χ4v) is 8.90. The lowest BCUT2D eigenvalue weighted by molar-refractivity contribution is -0.135. The van der Waals surface area contributed by atoms with Gasteiger partial charge in [0, 0.05) is 92.9 Å². The number of hydrogen-bond acceptors (Lipinski definition) is 8. The van der Waals surface area contributed by atoms with Gasteiger partial charge in [0.05, 0.1) is 12.3 Å². The minimum absolute atomic E-state index is 0.0164. The number of halogens is 1. The zero-order chi connectivity index (χ0) is 40.1. The van der Waals surface area contributed by atoms with E-state index in [4.69, 9.17) is 4.74 Å². The Morgan fingerprint density at radius 2 is 1.61 bits per heavy atom. The number of Topliss-reactive ketones (excluding diaryl/α,β-unsaturated/α-hetero) is 1. The van der Waals surface area contributed by atoms with E-state index in [9.17, 15) is 19.5 Å². The van der Waals surface area contributed by atoms with Crippen molar-refractivity contribution in [3.63, 3.8) is 0 Å². The summed E-state index contributed by atoms with van der Waals surface area (Å²) in [7, 11) is 0. The molecule has 57 heavy (non-hydrogen) atoms. The molecule has 0 aliphatic carbocycles. The van der Waals surface area contributed by atoms with Crippen LogP contribution < -0.4 is 19.9 Å². The second-order valence-electron chi connectivity index (χ2n) is 16.1. The monoisotopic (exact) mass is 774 g/mol. The van der Waals surface area contributed by atoms with Crippen molar-refractivity contribution in [1.29, 1.82) is 0 Å². The van der Waals surface area contributed by atoms with Crippen LogP contribution in [-0.4, -0.2) is 80.0 Å². The maximum Gasteiger partial charge on any atom is 0.229 e. The predicted octanol–water partition coefficient (Wildman–Crippen LogP) is 7.70. The van der Waals surface area contributed by atoms with Crippen LogP contribution in [-0.2, 0) is 16.0 Å². The van der Waals surface area contributed by atoms with E-state index in [1.807, 2.05) is 43.3 Å². The number of ether oxygens (including phenoxy) is 1. The number of carbonyl (C=O) groups is 3. The average molecular weight is 775 g/mol. The molecule has 0 aromatic heterocycles. The third-order valence-electron chi connectivity index (χ3n) is 12.3. The number of amides is 2. The van der Waals surface area contributed by atoms with Crippen molar-refractivity contribution in [3.8, 4) is 11.5 Å². The molecule has 0 spiro atoms. The standard InChI is InChI=1S/C41H46FN3O3.C6H9NO2/c1-3-30-23-33(10-12-35(30)28(2)46)44-21-19-43(20-22-44)26-29-15-17-45(18-16-29)39-14-9-32(24-38(39)42)41-36-13-11-34(47)25-40(36)48-27-37(41)31-7-5-4-6-8-31;1-4-2-3-5(8)7-6(4)9/h4-14,23-25,29,37,41,47H,3,15-22,26-27H2,1-2H3;4H,2-3H2,1H3,(H,7,8,9). The van der Waals surface area contributed by atoms with Gasteiger partial charge < -0.3 is 19.6 Å². The van der Waals surface area contributed by atoms with Gasteiger partial charge in [-0.1, -0.05) is 56.3 Å². The number of aryl methyl sites for hydroxylation is 1. The minimum atomic E-state index is -0.178. The summed E-state index contributed by atoms with van der Waals surface area (Å²) in [6.45, 7) is 12.9. The van der Waals surface area contributed by atoms with Crippen LogP contribution in [0.15, 0.2) is 84.9 Å². The molecule has 4 aromatic rings. The Morgan fingerprint density at radius 1 is 0.860 bits per heavy atom. The van der Waals surface area contributed by atoms with Crippen molar-refractivity contribution in [2.24, 2.45) is 11.8 Å². The average Bonchev–Trinajstić information content (AvgIpc) is 3.22. The molecule has 0 saturated carbocycles. The van der Waals surface area contributed by atoms with Crippen molar-refractivity contribution in [1.82, 2.24) is 10.2 Å². The topological polar surface area (TPSA) is 102 Å². The smallest absolute Gasteiger partial charge is 0.229 e. The number of fused-ring (bicyclic) bond motifs is 1. The lowest BCUT2D eigenvalue weighted by Crippen LogP contribution is -2.49. The number of piperidine rings is 2. The van der Waals surface area contributed by atoms with Gasteiger partial charge in [-0.15, -0.1) is 0 Å². The van der Waals surface area contributed by atoms with Crippen LogP contribution in [0.25, 0.3) is 0 Å². The van der Waals surface area contributed by atoms with E-state index in [-0.39, 0.29) is 46.9 Å². The molecular formula is C47H55FN4O5. The maximum absolute atomic E-state index is 16.0. The molecule has 0 radical (unpaired) electrons. The molecule has 9 nitrogen and oxygen atoms in total. The first-order valence-electron chi connectivity index (χ1n) is 20.6. The summed E-state index contributed by atoms with van der Waals surface area (Å²) in [6, 6.07) is 27.6. The summed E-state index contributed by atoms with van der Waals surface area (Å²) in [4.78, 5) is 40.4. The lowest BCUT2D eigenvalue weighted by atomic mass is 9.76. The molecule has 2 N–H and O–H groups in total. The van der Waals surface area contributed by atoms with E-state index in [0.717, 1.165) is 92.9 Å². The van der Waals surface area contributed by atoms with E-state index in [1.54, 1.807) is 25.1 Å². The van der Waals surface area contributed by atoms with E-state index in [2.05, 4.69) is 57.3 Å². The van der Waals surface area contributed by atoms with E-state index in [0.29, 0.717) is 36.8 Å². The number of rotatable bonds is 8. The summed E-state index contributed by atoms with van der Waals surface area (Å²) < 4.78 is 22.1. The Hall–Kier alpha value is -5.22. The molecule has 8 rings (SSSR count). The summed E-state index contributed by atoms with van der Waals surface area (Å²) in [5.74, 6) is 1.09. The van der Waals surface area contributed by atoms with Gasteiger partial charge in [0.1, 0.15) is 17.3 Å². The van der Waals surface area contributed by atoms with Gasteiger partial charge in [0.25, 0.3) is 0 Å². The van der Waals surface area contributed by atoms with Gasteiger partial charge in [-0.2, -0.15) is 0 Å². The summed E-state index contributed by atoms with van der Waals surface area (Å²) in [5.41, 5.74) is 6.92. The molecule has 4 aromatic carbocycles. The number of nitrogens with one attached hydrogen (secondary N) is 1. The molecule has 2 amide bonds. The Morgan fingerprint density at radius 3 is 2.28 bits per heavy atom. The molecule has 300 valence electrons. The second kappa shape index (κ2) is 17.9. The Balaban J connectivity index is 0.000000487. The number of imide groups is 1. The molecule has 4 aliphatic rings. The highest BCUT2D eigenvalue weighted by atomic mass is 19.1. The van der Waals surface area contributed by atoms with Gasteiger partial charge in [0.15, 0.2) is 5.78 Å².